The standard InChI is InChI=1S/C16H30O3/c1-15(2,18-3)10-11-19-14-12-13(17)16(14)8-6-4-5-7-9-16/h13-14,17H,4-12H2,1-3H3. The molecule has 112 valence electrons. The van der Waals surface area contributed by atoms with Gasteiger partial charge in [-0.2, -0.15) is 0 Å². The highest BCUT2D eigenvalue weighted by atomic mass is 16.5. The van der Waals surface area contributed by atoms with Crippen molar-refractivity contribution in [1.29, 1.82) is 0 Å². The van der Waals surface area contributed by atoms with E-state index in [0.717, 1.165) is 32.3 Å². The van der Waals surface area contributed by atoms with E-state index >= 15 is 0 Å². The average Bonchev–Trinajstić information content (AvgIpc) is 2.65. The Balaban J connectivity index is 1.83. The Morgan fingerprint density at radius 3 is 2.32 bits per heavy atom. The van der Waals surface area contributed by atoms with Gasteiger partial charge in [0.05, 0.1) is 17.8 Å². The maximum absolute atomic E-state index is 10.2. The van der Waals surface area contributed by atoms with Gasteiger partial charge < -0.3 is 14.6 Å². The smallest absolute Gasteiger partial charge is 0.0680 e. The Morgan fingerprint density at radius 2 is 1.79 bits per heavy atom. The van der Waals surface area contributed by atoms with Crippen molar-refractivity contribution in [2.24, 2.45) is 5.41 Å². The van der Waals surface area contributed by atoms with E-state index in [1.54, 1.807) is 7.11 Å². The first-order valence-corrected chi connectivity index (χ1v) is 7.85. The molecule has 0 aromatic rings. The zero-order valence-corrected chi connectivity index (χ0v) is 12.8. The van der Waals surface area contributed by atoms with E-state index < -0.39 is 0 Å². The molecule has 2 atom stereocenters. The van der Waals surface area contributed by atoms with Gasteiger partial charge in [-0.1, -0.05) is 25.7 Å². The van der Waals surface area contributed by atoms with E-state index in [-0.39, 0.29) is 23.2 Å². The fourth-order valence-electron chi connectivity index (χ4n) is 3.55. The Bertz CT molecular complexity index is 280. The molecule has 2 fully saturated rings. The van der Waals surface area contributed by atoms with Crippen LogP contribution in [0.1, 0.15) is 65.2 Å². The van der Waals surface area contributed by atoms with Crippen molar-refractivity contribution in [3.63, 3.8) is 0 Å². The molecule has 0 bridgehead atoms. The van der Waals surface area contributed by atoms with Crippen LogP contribution in [0.25, 0.3) is 0 Å². The molecule has 0 radical (unpaired) electrons. The molecule has 2 saturated carbocycles. The fourth-order valence-corrected chi connectivity index (χ4v) is 3.55. The van der Waals surface area contributed by atoms with Gasteiger partial charge in [-0.15, -0.1) is 0 Å². The molecule has 0 amide bonds. The van der Waals surface area contributed by atoms with Gasteiger partial charge in [0.2, 0.25) is 0 Å². The highest BCUT2D eigenvalue weighted by molar-refractivity contribution is 5.04. The summed E-state index contributed by atoms with van der Waals surface area (Å²) in [4.78, 5) is 0. The molecule has 3 heteroatoms. The van der Waals surface area contributed by atoms with Gasteiger partial charge in [0.1, 0.15) is 0 Å². The lowest BCUT2D eigenvalue weighted by atomic mass is 9.59. The molecule has 2 unspecified atom stereocenters. The monoisotopic (exact) mass is 270 g/mol. The Kier molecular flexibility index (Phi) is 4.91. The molecule has 0 aromatic carbocycles. The molecule has 0 heterocycles. The Labute approximate surface area is 117 Å². The summed E-state index contributed by atoms with van der Waals surface area (Å²) < 4.78 is 11.5. The molecule has 0 saturated heterocycles. The van der Waals surface area contributed by atoms with Crippen LogP contribution < -0.4 is 0 Å². The lowest BCUT2D eigenvalue weighted by Crippen LogP contribution is -2.58. The molecule has 2 aliphatic rings. The zero-order chi connectivity index (χ0) is 13.9. The van der Waals surface area contributed by atoms with Crippen LogP contribution in [0.2, 0.25) is 0 Å². The number of rotatable bonds is 5. The zero-order valence-electron chi connectivity index (χ0n) is 12.8. The molecule has 2 aliphatic carbocycles. The van der Waals surface area contributed by atoms with Gasteiger partial charge >= 0.3 is 0 Å². The van der Waals surface area contributed by atoms with Gasteiger partial charge in [-0.05, 0) is 33.1 Å². The van der Waals surface area contributed by atoms with Crippen LogP contribution in [0.4, 0.5) is 0 Å². The van der Waals surface area contributed by atoms with Crippen molar-refractivity contribution in [3.05, 3.63) is 0 Å². The van der Waals surface area contributed by atoms with Crippen molar-refractivity contribution in [3.8, 4) is 0 Å². The van der Waals surface area contributed by atoms with Crippen LogP contribution in [0.3, 0.4) is 0 Å². The number of hydrogen-bond acceptors (Lipinski definition) is 3. The van der Waals surface area contributed by atoms with Crippen LogP contribution in [-0.2, 0) is 9.47 Å². The van der Waals surface area contributed by atoms with E-state index in [4.69, 9.17) is 9.47 Å². The number of methoxy groups -OCH3 is 1. The predicted molar refractivity (Wildman–Crippen MR) is 76.2 cm³/mol. The third-order valence-corrected chi connectivity index (χ3v) is 5.35. The van der Waals surface area contributed by atoms with Gasteiger partial charge in [0.15, 0.2) is 0 Å². The maximum Gasteiger partial charge on any atom is 0.0680 e. The van der Waals surface area contributed by atoms with Crippen molar-refractivity contribution in [2.75, 3.05) is 13.7 Å². The molecular formula is C16H30O3. The van der Waals surface area contributed by atoms with Crippen molar-refractivity contribution in [1.82, 2.24) is 0 Å². The highest BCUT2D eigenvalue weighted by Gasteiger charge is 2.54. The third-order valence-electron chi connectivity index (χ3n) is 5.35. The average molecular weight is 270 g/mol. The predicted octanol–water partition coefficient (Wildman–Crippen LogP) is 3.29. The number of ether oxygens (including phenoxy) is 2. The van der Waals surface area contributed by atoms with Crippen molar-refractivity contribution in [2.45, 2.75) is 83.0 Å². The van der Waals surface area contributed by atoms with E-state index in [9.17, 15) is 5.11 Å². The first-order valence-electron chi connectivity index (χ1n) is 7.85. The molecule has 2 rings (SSSR count). The largest absolute Gasteiger partial charge is 0.392 e. The van der Waals surface area contributed by atoms with Gasteiger partial charge in [0, 0.05) is 25.6 Å². The Morgan fingerprint density at radius 1 is 1.16 bits per heavy atom. The van der Waals surface area contributed by atoms with Crippen LogP contribution in [0, 0.1) is 5.41 Å². The number of hydrogen-bond donors (Lipinski definition) is 1. The summed E-state index contributed by atoms with van der Waals surface area (Å²) in [7, 11) is 1.75. The van der Waals surface area contributed by atoms with E-state index in [0.29, 0.717) is 0 Å². The second-order valence-corrected chi connectivity index (χ2v) is 6.97. The first kappa shape index (κ1) is 15.3. The topological polar surface area (TPSA) is 38.7 Å². The summed E-state index contributed by atoms with van der Waals surface area (Å²) in [6.45, 7) is 4.92. The van der Waals surface area contributed by atoms with Gasteiger partial charge in [-0.25, -0.2) is 0 Å². The highest BCUT2D eigenvalue weighted by Crippen LogP contribution is 2.52. The summed E-state index contributed by atoms with van der Waals surface area (Å²) >= 11 is 0. The van der Waals surface area contributed by atoms with E-state index in [2.05, 4.69) is 13.8 Å². The van der Waals surface area contributed by atoms with Crippen molar-refractivity contribution >= 4 is 0 Å². The van der Waals surface area contributed by atoms with E-state index in [1.165, 1.54) is 25.7 Å². The maximum atomic E-state index is 10.2. The SMILES string of the molecule is COC(C)(C)CCOC1CC(O)C12CCCCCC2. The lowest BCUT2D eigenvalue weighted by molar-refractivity contribution is -0.202. The van der Waals surface area contributed by atoms with Crippen LogP contribution in [-0.4, -0.2) is 36.6 Å². The summed E-state index contributed by atoms with van der Waals surface area (Å²) in [5, 5.41) is 10.2. The normalized spacial score (nSPS) is 30.9. The van der Waals surface area contributed by atoms with Crippen LogP contribution in [0.5, 0.6) is 0 Å². The molecule has 19 heavy (non-hydrogen) atoms. The van der Waals surface area contributed by atoms with Crippen LogP contribution in [0.15, 0.2) is 0 Å². The second kappa shape index (κ2) is 6.11. The summed E-state index contributed by atoms with van der Waals surface area (Å²) in [6, 6.07) is 0. The molecule has 1 N–H and O–H groups in total. The lowest BCUT2D eigenvalue weighted by Gasteiger charge is -2.53. The van der Waals surface area contributed by atoms with Crippen LogP contribution >= 0.6 is 0 Å². The minimum Gasteiger partial charge on any atom is -0.392 e. The summed E-state index contributed by atoms with van der Waals surface area (Å²) in [6.07, 6.45) is 9.30. The molecule has 3 nitrogen and oxygen atoms in total. The third kappa shape index (κ3) is 3.32. The number of aliphatic hydroxyl groups is 1. The molecular weight excluding hydrogens is 240 g/mol. The molecule has 0 aromatic heterocycles. The molecule has 1 spiro atoms. The summed E-state index contributed by atoms with van der Waals surface area (Å²) in [5.74, 6) is 0. The van der Waals surface area contributed by atoms with Gasteiger partial charge in [0.25, 0.3) is 0 Å². The quantitative estimate of drug-likeness (QED) is 0.833. The van der Waals surface area contributed by atoms with Gasteiger partial charge in [-0.3, -0.25) is 0 Å². The second-order valence-electron chi connectivity index (χ2n) is 6.97. The number of aliphatic hydroxyl groups excluding tert-OH is 1. The minimum atomic E-state index is -0.133. The van der Waals surface area contributed by atoms with Crippen molar-refractivity contribution < 1.29 is 14.6 Å². The molecule has 0 aliphatic heterocycles. The van der Waals surface area contributed by atoms with E-state index in [1.807, 2.05) is 0 Å². The first-order chi connectivity index (χ1) is 9.00. The fraction of sp³-hybridized carbons (Fsp3) is 1.00. The Hall–Kier alpha value is -0.120. The minimum absolute atomic E-state index is 0.0771. The summed E-state index contributed by atoms with van der Waals surface area (Å²) in [5.41, 5.74) is -0.0350.